The minimum absolute atomic E-state index is 0.00322. The first-order chi connectivity index (χ1) is 9.70. The first-order valence-corrected chi connectivity index (χ1v) is 6.67. The third kappa shape index (κ3) is 3.80. The Morgan fingerprint density at radius 3 is 3.10 bits per heavy atom. The third-order valence-corrected chi connectivity index (χ3v) is 3.23. The summed E-state index contributed by atoms with van der Waals surface area (Å²) >= 11 is 0. The summed E-state index contributed by atoms with van der Waals surface area (Å²) in [5, 5.41) is 8.84. The lowest BCUT2D eigenvalue weighted by atomic mass is 10.1. The number of Topliss-reactive ketones (excluding diaryl/α,β-unsaturated/α-hetero) is 1. The molecule has 1 aromatic carbocycles. The molecule has 0 spiro atoms. The van der Waals surface area contributed by atoms with Crippen LogP contribution in [0.15, 0.2) is 24.3 Å². The molecular weight excluding hydrogens is 256 g/mol. The normalized spacial score (nSPS) is 19.3. The van der Waals surface area contributed by atoms with Gasteiger partial charge in [-0.1, -0.05) is 12.1 Å². The van der Waals surface area contributed by atoms with Crippen molar-refractivity contribution in [2.45, 2.75) is 13.0 Å². The van der Waals surface area contributed by atoms with Crippen LogP contribution in [-0.2, 0) is 4.74 Å². The molecule has 2 rings (SSSR count). The van der Waals surface area contributed by atoms with Crippen molar-refractivity contribution in [3.8, 4) is 11.8 Å². The number of nitrogens with zero attached hydrogens (tertiary/aromatic N) is 2. The van der Waals surface area contributed by atoms with Crippen molar-refractivity contribution >= 4 is 5.78 Å². The second-order valence-corrected chi connectivity index (χ2v) is 4.69. The number of benzene rings is 1. The van der Waals surface area contributed by atoms with E-state index in [4.69, 9.17) is 14.7 Å². The van der Waals surface area contributed by atoms with E-state index in [1.165, 1.54) is 6.92 Å². The predicted molar refractivity (Wildman–Crippen MR) is 73.7 cm³/mol. The highest BCUT2D eigenvalue weighted by Gasteiger charge is 2.19. The van der Waals surface area contributed by atoms with Crippen molar-refractivity contribution in [2.75, 3.05) is 32.8 Å². The van der Waals surface area contributed by atoms with Gasteiger partial charge in [-0.15, -0.1) is 0 Å². The van der Waals surface area contributed by atoms with Gasteiger partial charge in [-0.2, -0.15) is 5.26 Å². The number of carbonyl (C=O) groups is 1. The molecule has 1 fully saturated rings. The molecule has 0 N–H and O–H groups in total. The monoisotopic (exact) mass is 274 g/mol. The third-order valence-electron chi connectivity index (χ3n) is 3.23. The zero-order chi connectivity index (χ0) is 14.4. The highest BCUT2D eigenvalue weighted by molar-refractivity contribution is 5.96. The smallest absolute Gasteiger partial charge is 0.163 e. The maximum atomic E-state index is 11.5. The lowest BCUT2D eigenvalue weighted by Crippen LogP contribution is -2.43. The number of rotatable bonds is 5. The van der Waals surface area contributed by atoms with Gasteiger partial charge in [0.2, 0.25) is 0 Å². The van der Waals surface area contributed by atoms with E-state index in [-0.39, 0.29) is 11.9 Å². The van der Waals surface area contributed by atoms with Crippen molar-refractivity contribution in [2.24, 2.45) is 0 Å². The summed E-state index contributed by atoms with van der Waals surface area (Å²) in [4.78, 5) is 13.6. The fourth-order valence-corrected chi connectivity index (χ4v) is 2.15. The van der Waals surface area contributed by atoms with E-state index in [1.54, 1.807) is 12.1 Å². The lowest BCUT2D eigenvalue weighted by Gasteiger charge is -2.29. The number of para-hydroxylation sites is 1. The molecule has 20 heavy (non-hydrogen) atoms. The van der Waals surface area contributed by atoms with Crippen molar-refractivity contribution in [1.29, 1.82) is 5.26 Å². The molecule has 0 amide bonds. The van der Waals surface area contributed by atoms with E-state index in [0.717, 1.165) is 6.54 Å². The first-order valence-electron chi connectivity index (χ1n) is 6.67. The molecule has 1 unspecified atom stereocenters. The van der Waals surface area contributed by atoms with Crippen molar-refractivity contribution in [3.63, 3.8) is 0 Å². The van der Waals surface area contributed by atoms with Gasteiger partial charge >= 0.3 is 0 Å². The van der Waals surface area contributed by atoms with Crippen molar-refractivity contribution < 1.29 is 14.3 Å². The van der Waals surface area contributed by atoms with Crippen LogP contribution in [-0.4, -0.2) is 49.6 Å². The van der Waals surface area contributed by atoms with E-state index in [2.05, 4.69) is 11.0 Å². The van der Waals surface area contributed by atoms with Gasteiger partial charge in [0.25, 0.3) is 0 Å². The average molecular weight is 274 g/mol. The number of morpholine rings is 1. The summed E-state index contributed by atoms with van der Waals surface area (Å²) in [7, 11) is 0. The van der Waals surface area contributed by atoms with E-state index >= 15 is 0 Å². The molecule has 1 saturated heterocycles. The van der Waals surface area contributed by atoms with E-state index in [0.29, 0.717) is 37.6 Å². The summed E-state index contributed by atoms with van der Waals surface area (Å²) in [5.74, 6) is 0.613. The molecule has 106 valence electrons. The maximum absolute atomic E-state index is 11.5. The van der Waals surface area contributed by atoms with Crippen LogP contribution in [0.5, 0.6) is 5.75 Å². The minimum atomic E-state index is -0.353. The highest BCUT2D eigenvalue weighted by Crippen LogP contribution is 2.18. The number of hydrogen-bond acceptors (Lipinski definition) is 5. The van der Waals surface area contributed by atoms with Crippen LogP contribution >= 0.6 is 0 Å². The zero-order valence-corrected chi connectivity index (χ0v) is 11.5. The Kier molecular flexibility index (Phi) is 5.10. The van der Waals surface area contributed by atoms with Crippen LogP contribution in [0.3, 0.4) is 0 Å². The van der Waals surface area contributed by atoms with Crippen LogP contribution in [0.2, 0.25) is 0 Å². The Morgan fingerprint density at radius 1 is 1.55 bits per heavy atom. The molecule has 5 heteroatoms. The number of hydrogen-bond donors (Lipinski definition) is 0. The fourth-order valence-electron chi connectivity index (χ4n) is 2.15. The molecule has 0 radical (unpaired) electrons. The summed E-state index contributed by atoms with van der Waals surface area (Å²) < 4.78 is 11.0. The number of ketones is 1. The molecule has 0 aromatic heterocycles. The van der Waals surface area contributed by atoms with Gasteiger partial charge in [-0.05, 0) is 19.1 Å². The fraction of sp³-hybridized carbons (Fsp3) is 0.467. The van der Waals surface area contributed by atoms with Crippen LogP contribution in [0.4, 0.5) is 0 Å². The quantitative estimate of drug-likeness (QED) is 0.761. The molecule has 1 aliphatic rings. The summed E-state index contributed by atoms with van der Waals surface area (Å²) in [6.45, 7) is 4.71. The van der Waals surface area contributed by atoms with E-state index < -0.39 is 0 Å². The largest absolute Gasteiger partial charge is 0.491 e. The van der Waals surface area contributed by atoms with Crippen LogP contribution in [0.25, 0.3) is 0 Å². The zero-order valence-electron chi connectivity index (χ0n) is 11.5. The second kappa shape index (κ2) is 7.04. The summed E-state index contributed by atoms with van der Waals surface area (Å²) in [6.07, 6.45) is -0.353. The topological polar surface area (TPSA) is 62.6 Å². The summed E-state index contributed by atoms with van der Waals surface area (Å²) in [6, 6.07) is 9.35. The Morgan fingerprint density at radius 2 is 2.35 bits per heavy atom. The molecule has 0 bridgehead atoms. The lowest BCUT2D eigenvalue weighted by molar-refractivity contribution is -0.00336. The Bertz CT molecular complexity index is 510. The molecule has 1 aromatic rings. The molecule has 0 aliphatic carbocycles. The van der Waals surface area contributed by atoms with Crippen LogP contribution in [0.1, 0.15) is 17.3 Å². The van der Waals surface area contributed by atoms with Gasteiger partial charge in [0, 0.05) is 19.6 Å². The Hall–Kier alpha value is -1.90. The molecule has 5 nitrogen and oxygen atoms in total. The van der Waals surface area contributed by atoms with Crippen LogP contribution < -0.4 is 4.74 Å². The highest BCUT2D eigenvalue weighted by atomic mass is 16.5. The van der Waals surface area contributed by atoms with E-state index in [9.17, 15) is 4.79 Å². The second-order valence-electron chi connectivity index (χ2n) is 4.69. The molecule has 1 atom stereocenters. The standard InChI is InChI=1S/C15H18N2O3/c1-12(18)14-4-2-3-5-15(14)20-9-7-17-6-8-19-13(10-16)11-17/h2-5,13H,6-9,11H2,1H3. The minimum Gasteiger partial charge on any atom is -0.491 e. The molecule has 1 aliphatic heterocycles. The van der Waals surface area contributed by atoms with Gasteiger partial charge in [-0.3, -0.25) is 9.69 Å². The SMILES string of the molecule is CC(=O)c1ccccc1OCCN1CCOC(C#N)C1. The van der Waals surface area contributed by atoms with Gasteiger partial charge in [0.1, 0.15) is 12.4 Å². The Labute approximate surface area is 118 Å². The van der Waals surface area contributed by atoms with Gasteiger partial charge in [0.15, 0.2) is 11.9 Å². The number of nitriles is 1. The van der Waals surface area contributed by atoms with Crippen molar-refractivity contribution in [1.82, 2.24) is 4.90 Å². The number of carbonyl (C=O) groups excluding carboxylic acids is 1. The van der Waals surface area contributed by atoms with E-state index in [1.807, 2.05) is 12.1 Å². The first kappa shape index (κ1) is 14.5. The predicted octanol–water partition coefficient (Wildman–Crippen LogP) is 1.49. The summed E-state index contributed by atoms with van der Waals surface area (Å²) in [5.41, 5.74) is 0.601. The van der Waals surface area contributed by atoms with Crippen LogP contribution in [0, 0.1) is 11.3 Å². The average Bonchev–Trinajstić information content (AvgIpc) is 2.48. The molecular formula is C15H18N2O3. The number of ether oxygens (including phenoxy) is 2. The van der Waals surface area contributed by atoms with Gasteiger partial charge in [0.05, 0.1) is 18.2 Å². The molecule has 0 saturated carbocycles. The Balaban J connectivity index is 1.84. The molecule has 1 heterocycles. The van der Waals surface area contributed by atoms with Crippen molar-refractivity contribution in [3.05, 3.63) is 29.8 Å². The van der Waals surface area contributed by atoms with Gasteiger partial charge < -0.3 is 9.47 Å². The van der Waals surface area contributed by atoms with Gasteiger partial charge in [-0.25, -0.2) is 0 Å². The maximum Gasteiger partial charge on any atom is 0.163 e.